The highest BCUT2D eigenvalue weighted by Crippen LogP contribution is 2.23. The summed E-state index contributed by atoms with van der Waals surface area (Å²) in [6.45, 7) is 0. The summed E-state index contributed by atoms with van der Waals surface area (Å²) < 4.78 is 0. The minimum Gasteiger partial charge on any atom is -0.410 e. The third-order valence-electron chi connectivity index (χ3n) is 2.71. The highest BCUT2D eigenvalue weighted by molar-refractivity contribution is 6.44. The molecule has 1 aliphatic rings. The summed E-state index contributed by atoms with van der Waals surface area (Å²) in [5.74, 6) is -0.713. The molecular weight excluding hydrogens is 192 g/mol. The van der Waals surface area contributed by atoms with Gasteiger partial charge in [0, 0.05) is 5.56 Å². The molecule has 1 aromatic carbocycles. The monoisotopic (exact) mass is 204 g/mol. The first kappa shape index (κ1) is 9.71. The van der Waals surface area contributed by atoms with E-state index in [0.29, 0.717) is 5.56 Å². The van der Waals surface area contributed by atoms with Gasteiger partial charge < -0.3 is 10.9 Å². The summed E-state index contributed by atoms with van der Waals surface area (Å²) in [4.78, 5) is 11.0. The van der Waals surface area contributed by atoms with Crippen LogP contribution in [0.4, 0.5) is 0 Å². The molecule has 0 fully saturated rings. The number of hydrogen-bond acceptors (Lipinski definition) is 3. The lowest BCUT2D eigenvalue weighted by Crippen LogP contribution is -2.24. The molecule has 78 valence electrons. The van der Waals surface area contributed by atoms with Crippen molar-refractivity contribution in [3.8, 4) is 0 Å². The van der Waals surface area contributed by atoms with Gasteiger partial charge in [0.15, 0.2) is 5.71 Å². The van der Waals surface area contributed by atoms with Crippen molar-refractivity contribution in [3.05, 3.63) is 34.9 Å². The maximum Gasteiger partial charge on any atom is 0.271 e. The zero-order chi connectivity index (χ0) is 10.8. The topological polar surface area (TPSA) is 75.7 Å². The average molecular weight is 204 g/mol. The molecule has 1 amide bonds. The zero-order valence-corrected chi connectivity index (χ0v) is 8.23. The number of fused-ring (bicyclic) bond motifs is 1. The smallest absolute Gasteiger partial charge is 0.271 e. The van der Waals surface area contributed by atoms with Gasteiger partial charge >= 0.3 is 0 Å². The van der Waals surface area contributed by atoms with Crippen LogP contribution in [0.2, 0.25) is 0 Å². The van der Waals surface area contributed by atoms with E-state index in [1.807, 2.05) is 12.1 Å². The maximum atomic E-state index is 11.0. The highest BCUT2D eigenvalue weighted by atomic mass is 16.4. The van der Waals surface area contributed by atoms with E-state index in [0.717, 1.165) is 19.3 Å². The summed E-state index contributed by atoms with van der Waals surface area (Å²) >= 11 is 0. The second-order valence-electron chi connectivity index (χ2n) is 3.65. The largest absolute Gasteiger partial charge is 0.410 e. The Hall–Kier alpha value is -1.84. The number of nitrogens with two attached hydrogens (primary N) is 1. The van der Waals surface area contributed by atoms with E-state index in [-0.39, 0.29) is 5.71 Å². The summed E-state index contributed by atoms with van der Waals surface area (Å²) in [6, 6.07) is 5.61. The highest BCUT2D eigenvalue weighted by Gasteiger charge is 2.15. The molecule has 4 nitrogen and oxygen atoms in total. The van der Waals surface area contributed by atoms with Crippen LogP contribution >= 0.6 is 0 Å². The van der Waals surface area contributed by atoms with E-state index in [2.05, 4.69) is 5.16 Å². The Balaban J connectivity index is 2.42. The second kappa shape index (κ2) is 3.73. The summed E-state index contributed by atoms with van der Waals surface area (Å²) in [5, 5.41) is 11.6. The van der Waals surface area contributed by atoms with Gasteiger partial charge in [0.1, 0.15) is 0 Å². The predicted molar refractivity (Wildman–Crippen MR) is 56.0 cm³/mol. The van der Waals surface area contributed by atoms with Crippen molar-refractivity contribution >= 4 is 11.6 Å². The number of rotatable bonds is 2. The Morgan fingerprint density at radius 2 is 2.07 bits per heavy atom. The summed E-state index contributed by atoms with van der Waals surface area (Å²) in [7, 11) is 0. The lowest BCUT2D eigenvalue weighted by atomic mass is 10.0. The average Bonchev–Trinajstić information content (AvgIpc) is 2.65. The van der Waals surface area contributed by atoms with Crippen molar-refractivity contribution in [1.82, 2.24) is 0 Å². The number of carbonyl (C=O) groups excluding carboxylic acids is 1. The van der Waals surface area contributed by atoms with E-state index in [1.165, 1.54) is 11.1 Å². The molecule has 1 aromatic rings. The third-order valence-corrected chi connectivity index (χ3v) is 2.71. The predicted octanol–water partition coefficient (Wildman–Crippen LogP) is 0.839. The van der Waals surface area contributed by atoms with Crippen LogP contribution < -0.4 is 5.73 Å². The number of primary amides is 1. The van der Waals surface area contributed by atoms with Crippen LogP contribution in [-0.2, 0) is 17.6 Å². The van der Waals surface area contributed by atoms with Gasteiger partial charge in [0.2, 0.25) is 0 Å². The molecule has 0 heterocycles. The fourth-order valence-corrected chi connectivity index (χ4v) is 1.97. The van der Waals surface area contributed by atoms with Gasteiger partial charge in [-0.25, -0.2) is 0 Å². The second-order valence-corrected chi connectivity index (χ2v) is 3.65. The number of hydrogen-bond donors (Lipinski definition) is 2. The van der Waals surface area contributed by atoms with Crippen LogP contribution in [0.3, 0.4) is 0 Å². The number of carbonyl (C=O) groups is 1. The Morgan fingerprint density at radius 3 is 2.73 bits per heavy atom. The normalized spacial score (nSPS) is 15.1. The Kier molecular flexibility index (Phi) is 2.41. The molecule has 0 saturated carbocycles. The van der Waals surface area contributed by atoms with Crippen LogP contribution in [0.1, 0.15) is 23.1 Å². The van der Waals surface area contributed by atoms with Gasteiger partial charge in [-0.15, -0.1) is 0 Å². The lowest BCUT2D eigenvalue weighted by molar-refractivity contribution is -0.112. The molecule has 0 atom stereocenters. The van der Waals surface area contributed by atoms with E-state index >= 15 is 0 Å². The molecule has 4 heteroatoms. The van der Waals surface area contributed by atoms with Crippen molar-refractivity contribution in [2.24, 2.45) is 10.9 Å². The number of oxime groups is 1. The molecule has 2 rings (SSSR count). The van der Waals surface area contributed by atoms with Gasteiger partial charge in [-0.3, -0.25) is 4.79 Å². The van der Waals surface area contributed by atoms with E-state index in [4.69, 9.17) is 10.9 Å². The fraction of sp³-hybridized carbons (Fsp3) is 0.273. The molecule has 0 unspecified atom stereocenters. The summed E-state index contributed by atoms with van der Waals surface area (Å²) in [6.07, 6.45) is 3.24. The number of benzene rings is 1. The molecule has 0 aliphatic heterocycles. The molecule has 15 heavy (non-hydrogen) atoms. The molecular formula is C11H12N2O2. The Labute approximate surface area is 87.4 Å². The number of nitrogens with zero attached hydrogens (tertiary/aromatic N) is 1. The van der Waals surface area contributed by atoms with Gasteiger partial charge in [0.25, 0.3) is 5.91 Å². The molecule has 0 spiro atoms. The van der Waals surface area contributed by atoms with Gasteiger partial charge in [0.05, 0.1) is 0 Å². The minimum absolute atomic E-state index is 0.0790. The van der Waals surface area contributed by atoms with Crippen molar-refractivity contribution in [2.45, 2.75) is 19.3 Å². The Bertz CT molecular complexity index is 438. The van der Waals surface area contributed by atoms with Gasteiger partial charge in [-0.05, 0) is 36.5 Å². The van der Waals surface area contributed by atoms with Crippen LogP contribution in [-0.4, -0.2) is 16.8 Å². The first-order chi connectivity index (χ1) is 7.22. The van der Waals surface area contributed by atoms with Crippen LogP contribution in [0.25, 0.3) is 0 Å². The number of amides is 1. The third kappa shape index (κ3) is 1.70. The zero-order valence-electron chi connectivity index (χ0n) is 8.23. The van der Waals surface area contributed by atoms with Crippen molar-refractivity contribution in [1.29, 1.82) is 0 Å². The van der Waals surface area contributed by atoms with E-state index < -0.39 is 5.91 Å². The lowest BCUT2D eigenvalue weighted by Gasteiger charge is -2.03. The SMILES string of the molecule is NC(=O)/C(=N\O)c1ccc2c(c1)CCC2. The molecule has 0 radical (unpaired) electrons. The van der Waals surface area contributed by atoms with E-state index in [1.54, 1.807) is 6.07 Å². The quantitative estimate of drug-likeness (QED) is 0.425. The molecule has 1 aliphatic carbocycles. The van der Waals surface area contributed by atoms with Crippen molar-refractivity contribution in [2.75, 3.05) is 0 Å². The van der Waals surface area contributed by atoms with E-state index in [9.17, 15) is 4.79 Å². The minimum atomic E-state index is -0.713. The van der Waals surface area contributed by atoms with Gasteiger partial charge in [-0.2, -0.15) is 0 Å². The van der Waals surface area contributed by atoms with Crippen LogP contribution in [0.15, 0.2) is 23.4 Å². The maximum absolute atomic E-state index is 11.0. The number of aryl methyl sites for hydroxylation is 2. The molecule has 0 aromatic heterocycles. The Morgan fingerprint density at radius 1 is 1.33 bits per heavy atom. The standard InChI is InChI=1S/C11H12N2O2/c12-11(14)10(13-15)9-5-4-7-2-1-3-8(7)6-9/h4-6,15H,1-3H2,(H2,12,14)/b13-10-. The molecule has 3 N–H and O–H groups in total. The fourth-order valence-electron chi connectivity index (χ4n) is 1.97. The van der Waals surface area contributed by atoms with Gasteiger partial charge in [-0.1, -0.05) is 17.3 Å². The van der Waals surface area contributed by atoms with Crippen molar-refractivity contribution in [3.63, 3.8) is 0 Å². The first-order valence-corrected chi connectivity index (χ1v) is 4.86. The molecule has 0 bridgehead atoms. The van der Waals surface area contributed by atoms with Crippen LogP contribution in [0, 0.1) is 0 Å². The summed E-state index contributed by atoms with van der Waals surface area (Å²) in [5.41, 5.74) is 8.13. The first-order valence-electron chi connectivity index (χ1n) is 4.86. The van der Waals surface area contributed by atoms with Crippen LogP contribution in [0.5, 0.6) is 0 Å². The molecule has 0 saturated heterocycles. The van der Waals surface area contributed by atoms with Crippen molar-refractivity contribution < 1.29 is 10.0 Å².